The van der Waals surface area contributed by atoms with E-state index in [1.807, 2.05) is 16.8 Å². The first kappa shape index (κ1) is 14.7. The van der Waals surface area contributed by atoms with Crippen molar-refractivity contribution in [2.24, 2.45) is 0 Å². The minimum absolute atomic E-state index is 0.341. The lowest BCUT2D eigenvalue weighted by Crippen LogP contribution is -2.38. The third-order valence-corrected chi connectivity index (χ3v) is 4.52. The van der Waals surface area contributed by atoms with Gasteiger partial charge in [0.2, 0.25) is 0 Å². The van der Waals surface area contributed by atoms with Gasteiger partial charge in [0, 0.05) is 50.3 Å². The van der Waals surface area contributed by atoms with E-state index >= 15 is 0 Å². The molecule has 1 aliphatic rings. The highest BCUT2D eigenvalue weighted by atomic mass is 15.3. The Balaban J connectivity index is 1.72. The fraction of sp³-hybridized carbons (Fsp3) is 0.278. The molecule has 0 aliphatic carbocycles. The number of aromatic nitrogens is 4. The number of fused-ring (bicyclic) bond motifs is 1. The monoisotopic (exact) mass is 320 g/mol. The second kappa shape index (κ2) is 5.96. The Hall–Kier alpha value is -2.89. The number of para-hydroxylation sites is 1. The second-order valence-corrected chi connectivity index (χ2v) is 6.19. The van der Waals surface area contributed by atoms with Gasteiger partial charge in [0.15, 0.2) is 0 Å². The molecular weight excluding hydrogens is 300 g/mol. The van der Waals surface area contributed by atoms with E-state index in [4.69, 9.17) is 0 Å². The summed E-state index contributed by atoms with van der Waals surface area (Å²) < 4.78 is 1.90. The molecule has 24 heavy (non-hydrogen) atoms. The average molecular weight is 320 g/mol. The molecule has 0 saturated carbocycles. The molecular formula is C18H20N6. The van der Waals surface area contributed by atoms with Crippen molar-refractivity contribution < 1.29 is 0 Å². The van der Waals surface area contributed by atoms with E-state index in [-0.39, 0.29) is 0 Å². The number of hydrogen-bond donors (Lipinski definition) is 0. The van der Waals surface area contributed by atoms with Crippen LogP contribution in [0, 0.1) is 0 Å². The van der Waals surface area contributed by atoms with Gasteiger partial charge in [0.05, 0.1) is 0 Å². The van der Waals surface area contributed by atoms with Crippen molar-refractivity contribution in [3.63, 3.8) is 0 Å². The van der Waals surface area contributed by atoms with Crippen LogP contribution in [0.3, 0.4) is 0 Å². The van der Waals surface area contributed by atoms with Crippen LogP contribution in [0.15, 0.2) is 55.4 Å². The maximum absolute atomic E-state index is 4.53. The summed E-state index contributed by atoms with van der Waals surface area (Å²) in [6.45, 7) is 4.02. The third kappa shape index (κ3) is 2.60. The summed E-state index contributed by atoms with van der Waals surface area (Å²) in [6, 6.07) is 10.9. The highest BCUT2D eigenvalue weighted by molar-refractivity contribution is 5.58. The van der Waals surface area contributed by atoms with Gasteiger partial charge in [-0.1, -0.05) is 18.2 Å². The average Bonchev–Trinajstić information content (AvgIpc) is 3.10. The standard InChI is InChI=1S/C18H20N6/c1-14-10-22(2)16-6-4-3-5-15(16)11-24(14)18-9-17(20-12-21-18)23-8-7-19-13-23/h3-9,12-14H,10-11H2,1-2H3/t14-/m0/s1. The molecule has 1 aliphatic heterocycles. The summed E-state index contributed by atoms with van der Waals surface area (Å²) in [5.74, 6) is 1.77. The van der Waals surface area contributed by atoms with E-state index in [2.05, 4.69) is 63.0 Å². The molecule has 3 heterocycles. The summed E-state index contributed by atoms with van der Waals surface area (Å²) in [6.07, 6.45) is 7.02. The van der Waals surface area contributed by atoms with Crippen LogP contribution in [0.1, 0.15) is 12.5 Å². The summed E-state index contributed by atoms with van der Waals surface area (Å²) in [4.78, 5) is 17.6. The minimum Gasteiger partial charge on any atom is -0.372 e. The fourth-order valence-corrected chi connectivity index (χ4v) is 3.29. The molecule has 122 valence electrons. The van der Waals surface area contributed by atoms with Crippen LogP contribution >= 0.6 is 0 Å². The van der Waals surface area contributed by atoms with E-state index in [1.165, 1.54) is 11.3 Å². The Morgan fingerprint density at radius 3 is 2.79 bits per heavy atom. The number of likely N-dealkylation sites (N-methyl/N-ethyl adjacent to an activating group) is 1. The van der Waals surface area contributed by atoms with Crippen molar-refractivity contribution >= 4 is 11.5 Å². The molecule has 0 saturated heterocycles. The largest absolute Gasteiger partial charge is 0.372 e. The van der Waals surface area contributed by atoms with Crippen molar-refractivity contribution in [3.05, 3.63) is 60.9 Å². The van der Waals surface area contributed by atoms with E-state index in [9.17, 15) is 0 Å². The zero-order chi connectivity index (χ0) is 16.5. The molecule has 1 atom stereocenters. The van der Waals surface area contributed by atoms with Crippen LogP contribution in [-0.4, -0.2) is 39.2 Å². The number of anilines is 2. The van der Waals surface area contributed by atoms with Crippen LogP contribution in [0.4, 0.5) is 11.5 Å². The molecule has 6 nitrogen and oxygen atoms in total. The first-order chi connectivity index (χ1) is 11.7. The second-order valence-electron chi connectivity index (χ2n) is 6.19. The maximum Gasteiger partial charge on any atom is 0.143 e. The summed E-state index contributed by atoms with van der Waals surface area (Å²) in [5, 5.41) is 0. The number of imidazole rings is 1. The quantitative estimate of drug-likeness (QED) is 0.726. The molecule has 0 unspecified atom stereocenters. The normalized spacial score (nSPS) is 17.5. The van der Waals surface area contributed by atoms with Gasteiger partial charge in [0.1, 0.15) is 24.3 Å². The van der Waals surface area contributed by atoms with Gasteiger partial charge >= 0.3 is 0 Å². The number of nitrogens with zero attached hydrogens (tertiary/aromatic N) is 6. The lowest BCUT2D eigenvalue weighted by atomic mass is 10.1. The van der Waals surface area contributed by atoms with Gasteiger partial charge in [-0.15, -0.1) is 0 Å². The molecule has 0 N–H and O–H groups in total. The van der Waals surface area contributed by atoms with Crippen molar-refractivity contribution in [1.29, 1.82) is 0 Å². The molecule has 4 rings (SSSR count). The van der Waals surface area contributed by atoms with Gasteiger partial charge in [-0.2, -0.15) is 0 Å². The van der Waals surface area contributed by atoms with Crippen LogP contribution in [0.5, 0.6) is 0 Å². The van der Waals surface area contributed by atoms with Crippen molar-refractivity contribution in [2.75, 3.05) is 23.4 Å². The lowest BCUT2D eigenvalue weighted by molar-refractivity contribution is 0.635. The van der Waals surface area contributed by atoms with Crippen LogP contribution in [-0.2, 0) is 6.54 Å². The molecule has 0 amide bonds. The molecule has 0 fully saturated rings. The van der Waals surface area contributed by atoms with Crippen LogP contribution in [0.2, 0.25) is 0 Å². The molecule has 1 aromatic carbocycles. The Morgan fingerprint density at radius 1 is 1.12 bits per heavy atom. The van der Waals surface area contributed by atoms with E-state index in [0.717, 1.165) is 24.7 Å². The number of rotatable bonds is 2. The number of benzene rings is 1. The maximum atomic E-state index is 4.53. The SMILES string of the molecule is C[C@H]1CN(C)c2ccccc2CN1c1cc(-n2ccnc2)ncn1. The Kier molecular flexibility index (Phi) is 3.65. The first-order valence-electron chi connectivity index (χ1n) is 8.08. The zero-order valence-corrected chi connectivity index (χ0v) is 13.9. The Morgan fingerprint density at radius 2 is 1.96 bits per heavy atom. The van der Waals surface area contributed by atoms with Gasteiger partial charge in [0.25, 0.3) is 0 Å². The molecule has 2 aromatic heterocycles. The lowest BCUT2D eigenvalue weighted by Gasteiger charge is -2.29. The summed E-state index contributed by atoms with van der Waals surface area (Å²) in [5.41, 5.74) is 2.60. The molecule has 0 bridgehead atoms. The van der Waals surface area contributed by atoms with E-state index in [0.29, 0.717) is 6.04 Å². The summed E-state index contributed by atoms with van der Waals surface area (Å²) in [7, 11) is 2.15. The first-order valence-corrected chi connectivity index (χ1v) is 8.08. The predicted octanol–water partition coefficient (Wildman–Crippen LogP) is 2.51. The number of hydrogen-bond acceptors (Lipinski definition) is 5. The Labute approximate surface area is 141 Å². The van der Waals surface area contributed by atoms with Gasteiger partial charge in [-0.25, -0.2) is 15.0 Å². The highest BCUT2D eigenvalue weighted by Gasteiger charge is 2.24. The van der Waals surface area contributed by atoms with Gasteiger partial charge in [-0.05, 0) is 18.6 Å². The molecule has 3 aromatic rings. The topological polar surface area (TPSA) is 50.1 Å². The zero-order valence-electron chi connectivity index (χ0n) is 13.9. The predicted molar refractivity (Wildman–Crippen MR) is 94.5 cm³/mol. The van der Waals surface area contributed by atoms with Crippen molar-refractivity contribution in [1.82, 2.24) is 19.5 Å². The third-order valence-electron chi connectivity index (χ3n) is 4.52. The van der Waals surface area contributed by atoms with Crippen LogP contribution in [0.25, 0.3) is 5.82 Å². The van der Waals surface area contributed by atoms with Gasteiger partial charge in [-0.3, -0.25) is 4.57 Å². The fourth-order valence-electron chi connectivity index (χ4n) is 3.29. The van der Waals surface area contributed by atoms with Crippen molar-refractivity contribution in [3.8, 4) is 5.82 Å². The summed E-state index contributed by atoms with van der Waals surface area (Å²) >= 11 is 0. The molecule has 6 heteroatoms. The van der Waals surface area contributed by atoms with Crippen LogP contribution < -0.4 is 9.80 Å². The highest BCUT2D eigenvalue weighted by Crippen LogP contribution is 2.29. The van der Waals surface area contributed by atoms with E-state index < -0.39 is 0 Å². The molecule has 0 radical (unpaired) electrons. The van der Waals surface area contributed by atoms with Gasteiger partial charge < -0.3 is 9.80 Å². The van der Waals surface area contributed by atoms with E-state index in [1.54, 1.807) is 18.9 Å². The smallest absolute Gasteiger partial charge is 0.143 e. The molecule has 0 spiro atoms. The minimum atomic E-state index is 0.341. The van der Waals surface area contributed by atoms with Crippen molar-refractivity contribution in [2.45, 2.75) is 19.5 Å². The Bertz CT molecular complexity index is 829.